The maximum Gasteiger partial charge on any atom is 0.225 e. The number of amides is 1. The molecule has 26 heavy (non-hydrogen) atoms. The van der Waals surface area contributed by atoms with Gasteiger partial charge in [0.05, 0.1) is 0 Å². The van der Waals surface area contributed by atoms with Gasteiger partial charge in [0, 0.05) is 70.8 Å². The molecule has 0 spiro atoms. The van der Waals surface area contributed by atoms with E-state index >= 15 is 0 Å². The number of rotatable bonds is 4. The Kier molecular flexibility index (Phi) is 4.76. The van der Waals surface area contributed by atoms with Crippen molar-refractivity contribution in [2.24, 2.45) is 0 Å². The first-order valence-electron chi connectivity index (χ1n) is 8.87. The fourth-order valence-electron chi connectivity index (χ4n) is 3.33. The van der Waals surface area contributed by atoms with Crippen LogP contribution in [0.4, 0.5) is 17.6 Å². The molecule has 136 valence electrons. The first kappa shape index (κ1) is 16.5. The van der Waals surface area contributed by atoms with Crippen molar-refractivity contribution < 1.29 is 4.79 Å². The van der Waals surface area contributed by atoms with Crippen molar-refractivity contribution in [3.8, 4) is 0 Å². The van der Waals surface area contributed by atoms with Gasteiger partial charge in [0.1, 0.15) is 18.0 Å². The molecule has 0 radical (unpaired) electrons. The highest BCUT2D eigenvalue weighted by Crippen LogP contribution is 2.20. The van der Waals surface area contributed by atoms with Gasteiger partial charge in [-0.25, -0.2) is 19.9 Å². The van der Waals surface area contributed by atoms with Crippen LogP contribution in [0.15, 0.2) is 30.9 Å². The van der Waals surface area contributed by atoms with Crippen LogP contribution in [-0.4, -0.2) is 83.6 Å². The van der Waals surface area contributed by atoms with Crippen molar-refractivity contribution in [2.45, 2.75) is 0 Å². The topological polar surface area (TPSA) is 81.6 Å². The van der Waals surface area contributed by atoms with Crippen LogP contribution in [-0.2, 0) is 4.79 Å². The monoisotopic (exact) mass is 354 g/mol. The second kappa shape index (κ2) is 7.51. The van der Waals surface area contributed by atoms with Crippen LogP contribution in [0.1, 0.15) is 0 Å². The van der Waals surface area contributed by atoms with Gasteiger partial charge < -0.3 is 19.6 Å². The molecule has 1 amide bonds. The molecule has 0 aliphatic carbocycles. The summed E-state index contributed by atoms with van der Waals surface area (Å²) in [6.45, 7) is 6.53. The Hall–Kier alpha value is -2.97. The summed E-state index contributed by atoms with van der Waals surface area (Å²) in [7, 11) is 0. The summed E-state index contributed by atoms with van der Waals surface area (Å²) in [5, 5.41) is 0. The molecular weight excluding hydrogens is 332 g/mol. The zero-order valence-electron chi connectivity index (χ0n) is 14.6. The average Bonchev–Trinajstić information content (AvgIpc) is 2.75. The van der Waals surface area contributed by atoms with Gasteiger partial charge in [-0.05, 0) is 6.07 Å². The Balaban J connectivity index is 1.39. The van der Waals surface area contributed by atoms with Crippen LogP contribution in [0, 0.1) is 0 Å². The summed E-state index contributed by atoms with van der Waals surface area (Å²) in [4.78, 5) is 36.8. The number of nitrogens with zero attached hydrogens (tertiary/aromatic N) is 8. The predicted octanol–water partition coefficient (Wildman–Crippen LogP) is -0.128. The molecule has 9 heteroatoms. The highest BCUT2D eigenvalue weighted by Gasteiger charge is 2.22. The summed E-state index contributed by atoms with van der Waals surface area (Å²) in [6.07, 6.45) is 6.09. The summed E-state index contributed by atoms with van der Waals surface area (Å²) in [6, 6.07) is 3.88. The van der Waals surface area contributed by atoms with E-state index in [1.54, 1.807) is 23.6 Å². The zero-order valence-corrected chi connectivity index (χ0v) is 14.6. The maximum atomic E-state index is 10.9. The number of carbonyl (C=O) groups excluding carboxylic acids is 1. The van der Waals surface area contributed by atoms with Crippen LogP contribution in [0.25, 0.3) is 0 Å². The number of piperazine rings is 2. The lowest BCUT2D eigenvalue weighted by Gasteiger charge is -2.36. The van der Waals surface area contributed by atoms with E-state index in [0.29, 0.717) is 0 Å². The first-order chi connectivity index (χ1) is 12.8. The predicted molar refractivity (Wildman–Crippen MR) is 98.3 cm³/mol. The Morgan fingerprint density at radius 2 is 1.27 bits per heavy atom. The quantitative estimate of drug-likeness (QED) is 0.703. The van der Waals surface area contributed by atoms with Crippen molar-refractivity contribution in [2.75, 3.05) is 67.1 Å². The fourth-order valence-corrected chi connectivity index (χ4v) is 3.33. The molecule has 0 saturated carbocycles. The first-order valence-corrected chi connectivity index (χ1v) is 8.87. The van der Waals surface area contributed by atoms with E-state index in [-0.39, 0.29) is 0 Å². The second-order valence-electron chi connectivity index (χ2n) is 6.39. The Bertz CT molecular complexity index is 727. The molecule has 0 aromatic carbocycles. The molecule has 2 saturated heterocycles. The standard InChI is InChI=1S/C17H22N8O/c26-14-22-4-6-23(7-5-22)15-12-16(21-13-20-15)24-8-10-25(11-9-24)17-18-2-1-3-19-17/h1-3,12-14H,4-11H2. The number of hydrogen-bond acceptors (Lipinski definition) is 8. The molecule has 2 aromatic rings. The minimum absolute atomic E-state index is 0.735. The van der Waals surface area contributed by atoms with E-state index in [0.717, 1.165) is 76.4 Å². The lowest BCUT2D eigenvalue weighted by molar-refractivity contribution is -0.118. The molecule has 0 N–H and O–H groups in total. The van der Waals surface area contributed by atoms with Crippen LogP contribution in [0.2, 0.25) is 0 Å². The van der Waals surface area contributed by atoms with Crippen LogP contribution >= 0.6 is 0 Å². The normalized spacial score (nSPS) is 18.2. The van der Waals surface area contributed by atoms with Crippen molar-refractivity contribution in [1.82, 2.24) is 24.8 Å². The largest absolute Gasteiger partial charge is 0.353 e. The molecule has 4 rings (SSSR count). The van der Waals surface area contributed by atoms with Gasteiger partial charge in [0.2, 0.25) is 12.4 Å². The Morgan fingerprint density at radius 1 is 0.731 bits per heavy atom. The van der Waals surface area contributed by atoms with Gasteiger partial charge >= 0.3 is 0 Å². The molecule has 4 heterocycles. The van der Waals surface area contributed by atoms with Gasteiger partial charge in [0.25, 0.3) is 0 Å². The molecule has 2 aliphatic rings. The Labute approximate surface area is 152 Å². The molecular formula is C17H22N8O. The van der Waals surface area contributed by atoms with E-state index in [4.69, 9.17) is 0 Å². The van der Waals surface area contributed by atoms with E-state index in [1.165, 1.54) is 0 Å². The van der Waals surface area contributed by atoms with Gasteiger partial charge in [0.15, 0.2) is 0 Å². The fraction of sp³-hybridized carbons (Fsp3) is 0.471. The van der Waals surface area contributed by atoms with Crippen LogP contribution in [0.5, 0.6) is 0 Å². The van der Waals surface area contributed by atoms with E-state index in [2.05, 4.69) is 34.6 Å². The van der Waals surface area contributed by atoms with Gasteiger partial charge in [-0.3, -0.25) is 4.79 Å². The molecule has 9 nitrogen and oxygen atoms in total. The number of aromatic nitrogens is 4. The lowest BCUT2D eigenvalue weighted by atomic mass is 10.3. The third-order valence-electron chi connectivity index (χ3n) is 4.86. The summed E-state index contributed by atoms with van der Waals surface area (Å²) in [5.74, 6) is 2.65. The molecule has 2 aliphatic heterocycles. The molecule has 2 aromatic heterocycles. The van der Waals surface area contributed by atoms with E-state index in [9.17, 15) is 4.79 Å². The second-order valence-corrected chi connectivity index (χ2v) is 6.39. The Morgan fingerprint density at radius 3 is 1.85 bits per heavy atom. The van der Waals surface area contributed by atoms with Gasteiger partial charge in [-0.1, -0.05) is 0 Å². The highest BCUT2D eigenvalue weighted by molar-refractivity contribution is 5.53. The van der Waals surface area contributed by atoms with Crippen LogP contribution in [0.3, 0.4) is 0 Å². The third-order valence-corrected chi connectivity index (χ3v) is 4.86. The summed E-state index contributed by atoms with van der Waals surface area (Å²) >= 11 is 0. The smallest absolute Gasteiger partial charge is 0.225 e. The maximum absolute atomic E-state index is 10.9. The minimum Gasteiger partial charge on any atom is -0.353 e. The number of hydrogen-bond donors (Lipinski definition) is 0. The molecule has 0 atom stereocenters. The third kappa shape index (κ3) is 3.51. The average molecular weight is 354 g/mol. The molecule has 0 unspecified atom stereocenters. The van der Waals surface area contributed by atoms with Crippen LogP contribution < -0.4 is 14.7 Å². The van der Waals surface area contributed by atoms with Crippen molar-refractivity contribution >= 4 is 24.0 Å². The number of carbonyl (C=O) groups is 1. The van der Waals surface area contributed by atoms with Crippen molar-refractivity contribution in [3.05, 3.63) is 30.9 Å². The summed E-state index contributed by atoms with van der Waals surface area (Å²) in [5.41, 5.74) is 0. The SMILES string of the molecule is O=CN1CCN(c2cc(N3CCN(c4ncccn4)CC3)ncn2)CC1. The van der Waals surface area contributed by atoms with Crippen molar-refractivity contribution in [3.63, 3.8) is 0 Å². The lowest BCUT2D eigenvalue weighted by Crippen LogP contribution is -2.48. The van der Waals surface area contributed by atoms with E-state index < -0.39 is 0 Å². The molecule has 2 fully saturated rings. The molecule has 0 bridgehead atoms. The van der Waals surface area contributed by atoms with Crippen molar-refractivity contribution in [1.29, 1.82) is 0 Å². The summed E-state index contributed by atoms with van der Waals surface area (Å²) < 4.78 is 0. The van der Waals surface area contributed by atoms with Gasteiger partial charge in [-0.2, -0.15) is 0 Å². The highest BCUT2D eigenvalue weighted by atomic mass is 16.1. The zero-order chi connectivity index (χ0) is 17.8. The van der Waals surface area contributed by atoms with E-state index in [1.807, 2.05) is 12.1 Å². The minimum atomic E-state index is 0.735. The number of anilines is 3. The van der Waals surface area contributed by atoms with Gasteiger partial charge in [-0.15, -0.1) is 0 Å².